The van der Waals surface area contributed by atoms with E-state index in [0.29, 0.717) is 6.42 Å². The van der Waals surface area contributed by atoms with Gasteiger partial charge >= 0.3 is 12.1 Å². The third kappa shape index (κ3) is 8.58. The van der Waals surface area contributed by atoms with Crippen LogP contribution >= 0.6 is 0 Å². The zero-order valence-corrected chi connectivity index (χ0v) is 18.5. The summed E-state index contributed by atoms with van der Waals surface area (Å²) in [5.74, 6) is -1.19. The van der Waals surface area contributed by atoms with Gasteiger partial charge in [-0.25, -0.2) is 9.59 Å². The molecule has 0 fully saturated rings. The van der Waals surface area contributed by atoms with Crippen LogP contribution in [0, 0.1) is 5.92 Å². The molecule has 3 amide bonds. The molecular weight excluding hydrogens is 366 g/mol. The zero-order chi connectivity index (χ0) is 22.2. The molecule has 9 heteroatoms. The van der Waals surface area contributed by atoms with Crippen molar-refractivity contribution in [3.8, 4) is 0 Å². The van der Waals surface area contributed by atoms with Crippen molar-refractivity contribution >= 4 is 23.9 Å². The number of alkyl carbamates (subject to hydrolysis) is 1. The van der Waals surface area contributed by atoms with Crippen LogP contribution in [-0.4, -0.2) is 79.1 Å². The Morgan fingerprint density at radius 3 is 1.96 bits per heavy atom. The summed E-state index contributed by atoms with van der Waals surface area (Å²) < 4.78 is 9.88. The minimum absolute atomic E-state index is 0.173. The van der Waals surface area contributed by atoms with E-state index in [1.54, 1.807) is 27.7 Å². The van der Waals surface area contributed by atoms with Crippen molar-refractivity contribution in [2.24, 2.45) is 5.92 Å². The van der Waals surface area contributed by atoms with Gasteiger partial charge in [-0.05, 0) is 40.0 Å². The van der Waals surface area contributed by atoms with Crippen molar-refractivity contribution < 1.29 is 28.7 Å². The topological polar surface area (TPSA) is 105 Å². The lowest BCUT2D eigenvalue weighted by Crippen LogP contribution is -2.53. The summed E-state index contributed by atoms with van der Waals surface area (Å²) in [6, 6.07) is -1.56. The Bertz CT molecular complexity index is 571. The number of hydrogen-bond donors (Lipinski definition) is 1. The summed E-state index contributed by atoms with van der Waals surface area (Å²) in [6.45, 7) is 10.3. The molecule has 0 aliphatic rings. The number of rotatable bonds is 8. The second-order valence-corrected chi connectivity index (χ2v) is 8.15. The van der Waals surface area contributed by atoms with E-state index >= 15 is 0 Å². The predicted molar refractivity (Wildman–Crippen MR) is 104 cm³/mol. The second-order valence-electron chi connectivity index (χ2n) is 8.15. The monoisotopic (exact) mass is 401 g/mol. The molecule has 0 spiro atoms. The van der Waals surface area contributed by atoms with Gasteiger partial charge in [-0.15, -0.1) is 0 Å². The van der Waals surface area contributed by atoms with Crippen LogP contribution in [0.4, 0.5) is 4.79 Å². The Hall–Kier alpha value is -2.32. The first-order valence-electron chi connectivity index (χ1n) is 9.28. The summed E-state index contributed by atoms with van der Waals surface area (Å²) in [7, 11) is 4.25. The van der Waals surface area contributed by atoms with Gasteiger partial charge in [0.2, 0.25) is 11.8 Å². The Labute approximate surface area is 167 Å². The molecule has 0 bridgehead atoms. The van der Waals surface area contributed by atoms with E-state index in [9.17, 15) is 19.2 Å². The van der Waals surface area contributed by atoms with Crippen LogP contribution in [0.25, 0.3) is 0 Å². The van der Waals surface area contributed by atoms with E-state index in [1.165, 1.54) is 31.0 Å². The van der Waals surface area contributed by atoms with E-state index in [2.05, 4.69) is 5.32 Å². The molecular formula is C19H35N3O6. The Kier molecular flexibility index (Phi) is 9.97. The van der Waals surface area contributed by atoms with Gasteiger partial charge in [0.1, 0.15) is 24.2 Å². The lowest BCUT2D eigenvalue weighted by molar-refractivity contribution is -0.155. The van der Waals surface area contributed by atoms with Crippen molar-refractivity contribution in [2.45, 2.75) is 65.6 Å². The molecule has 0 aromatic heterocycles. The standard InChI is InChI=1S/C19H35N3O6/c1-12(2)10-14(17(25)27-9)22(8)16(24)13(3)21(7)15(23)11-20-18(26)28-19(4,5)6/h12-14H,10-11H2,1-9H3,(H,20,26)/t13?,14-/m0/s1. The molecule has 9 nitrogen and oxygen atoms in total. The normalized spacial score (nSPS) is 13.4. The summed E-state index contributed by atoms with van der Waals surface area (Å²) in [5.41, 5.74) is -0.676. The molecule has 0 aromatic rings. The van der Waals surface area contributed by atoms with Crippen molar-refractivity contribution in [3.63, 3.8) is 0 Å². The Balaban J connectivity index is 4.96. The SMILES string of the molecule is COC(=O)[C@H](CC(C)C)N(C)C(=O)C(C)N(C)C(=O)CNC(=O)OC(C)(C)C. The number of hydrogen-bond acceptors (Lipinski definition) is 6. The van der Waals surface area contributed by atoms with Gasteiger partial charge in [-0.3, -0.25) is 9.59 Å². The Morgan fingerprint density at radius 1 is 1.00 bits per heavy atom. The first-order chi connectivity index (χ1) is 12.7. The van der Waals surface area contributed by atoms with Gasteiger partial charge in [0.15, 0.2) is 0 Å². The van der Waals surface area contributed by atoms with E-state index in [-0.39, 0.29) is 12.5 Å². The molecule has 0 saturated carbocycles. The molecule has 1 N–H and O–H groups in total. The van der Waals surface area contributed by atoms with Crippen LogP contribution < -0.4 is 5.32 Å². The number of nitrogens with one attached hydrogen (secondary N) is 1. The molecule has 0 radical (unpaired) electrons. The lowest BCUT2D eigenvalue weighted by atomic mass is 10.0. The lowest BCUT2D eigenvalue weighted by Gasteiger charge is -2.32. The average molecular weight is 402 g/mol. The van der Waals surface area contributed by atoms with Crippen molar-refractivity contribution in [3.05, 3.63) is 0 Å². The minimum atomic E-state index is -0.822. The molecule has 0 aliphatic carbocycles. The van der Waals surface area contributed by atoms with Gasteiger partial charge in [0, 0.05) is 14.1 Å². The number of esters is 1. The number of likely N-dealkylation sites (N-methyl/N-ethyl adjacent to an activating group) is 2. The fourth-order valence-corrected chi connectivity index (χ4v) is 2.41. The summed E-state index contributed by atoms with van der Waals surface area (Å²) in [4.78, 5) is 51.3. The highest BCUT2D eigenvalue weighted by atomic mass is 16.6. The number of nitrogens with zero attached hydrogens (tertiary/aromatic N) is 2. The molecule has 2 atom stereocenters. The van der Waals surface area contributed by atoms with Crippen LogP contribution in [0.3, 0.4) is 0 Å². The third-order valence-electron chi connectivity index (χ3n) is 4.10. The number of ether oxygens (including phenoxy) is 2. The maximum absolute atomic E-state index is 12.8. The average Bonchev–Trinajstić information content (AvgIpc) is 2.59. The van der Waals surface area contributed by atoms with Gasteiger partial charge in [0.25, 0.3) is 0 Å². The number of carbonyl (C=O) groups is 4. The maximum Gasteiger partial charge on any atom is 0.408 e. The smallest absolute Gasteiger partial charge is 0.408 e. The first-order valence-corrected chi connectivity index (χ1v) is 9.28. The largest absolute Gasteiger partial charge is 0.467 e. The zero-order valence-electron chi connectivity index (χ0n) is 18.5. The summed E-state index contributed by atoms with van der Waals surface area (Å²) in [6.07, 6.45) is -0.271. The molecule has 0 aromatic carbocycles. The molecule has 162 valence electrons. The van der Waals surface area contributed by atoms with Gasteiger partial charge in [0.05, 0.1) is 7.11 Å². The van der Waals surface area contributed by atoms with Crippen LogP contribution in [0.1, 0.15) is 48.0 Å². The number of methoxy groups -OCH3 is 1. The second kappa shape index (κ2) is 10.9. The third-order valence-corrected chi connectivity index (χ3v) is 4.10. The fourth-order valence-electron chi connectivity index (χ4n) is 2.41. The highest BCUT2D eigenvalue weighted by Gasteiger charge is 2.33. The van der Waals surface area contributed by atoms with E-state index in [1.807, 2.05) is 13.8 Å². The van der Waals surface area contributed by atoms with E-state index in [4.69, 9.17) is 9.47 Å². The van der Waals surface area contributed by atoms with Crippen LogP contribution in [0.2, 0.25) is 0 Å². The molecule has 0 rings (SSSR count). The molecule has 0 aliphatic heterocycles. The van der Waals surface area contributed by atoms with Crippen molar-refractivity contribution in [2.75, 3.05) is 27.7 Å². The van der Waals surface area contributed by atoms with E-state index in [0.717, 1.165) is 0 Å². The molecule has 0 heterocycles. The summed E-state index contributed by atoms with van der Waals surface area (Å²) in [5, 5.41) is 2.37. The van der Waals surface area contributed by atoms with E-state index < -0.39 is 41.6 Å². The van der Waals surface area contributed by atoms with Crippen molar-refractivity contribution in [1.29, 1.82) is 0 Å². The van der Waals surface area contributed by atoms with Crippen molar-refractivity contribution in [1.82, 2.24) is 15.1 Å². The molecule has 0 saturated heterocycles. The summed E-state index contributed by atoms with van der Waals surface area (Å²) >= 11 is 0. The number of carbonyl (C=O) groups excluding carboxylic acids is 4. The quantitative estimate of drug-likeness (QED) is 0.617. The van der Waals surface area contributed by atoms with Gasteiger partial charge in [-0.2, -0.15) is 0 Å². The first kappa shape index (κ1) is 25.7. The predicted octanol–water partition coefficient (Wildman–Crippen LogP) is 1.40. The number of amides is 3. The minimum Gasteiger partial charge on any atom is -0.467 e. The highest BCUT2D eigenvalue weighted by Crippen LogP contribution is 2.14. The van der Waals surface area contributed by atoms with Crippen LogP contribution in [0.5, 0.6) is 0 Å². The molecule has 1 unspecified atom stereocenters. The Morgan fingerprint density at radius 2 is 1.54 bits per heavy atom. The van der Waals surface area contributed by atoms with Crippen LogP contribution in [-0.2, 0) is 23.9 Å². The molecule has 28 heavy (non-hydrogen) atoms. The van der Waals surface area contributed by atoms with Gasteiger partial charge in [-0.1, -0.05) is 13.8 Å². The van der Waals surface area contributed by atoms with Gasteiger partial charge < -0.3 is 24.6 Å². The maximum atomic E-state index is 12.8. The fraction of sp³-hybridized carbons (Fsp3) is 0.789. The highest BCUT2D eigenvalue weighted by molar-refractivity contribution is 5.91. The van der Waals surface area contributed by atoms with Crippen LogP contribution in [0.15, 0.2) is 0 Å².